The molecule has 6 heteroatoms. The Balaban J connectivity index is 2.47. The van der Waals surface area contributed by atoms with Crippen LogP contribution in [0.2, 0.25) is 0 Å². The lowest BCUT2D eigenvalue weighted by Gasteiger charge is -2.07. The molecule has 0 saturated carbocycles. The number of carbonyl (C=O) groups is 1. The molecule has 6 nitrogen and oxygen atoms in total. The van der Waals surface area contributed by atoms with Crippen molar-refractivity contribution in [2.24, 2.45) is 0 Å². The van der Waals surface area contributed by atoms with Crippen LogP contribution in [-0.2, 0) is 4.79 Å². The highest BCUT2D eigenvalue weighted by atomic mass is 16.1. The number of amides is 1. The number of anilines is 2. The van der Waals surface area contributed by atoms with Crippen molar-refractivity contribution in [3.63, 3.8) is 0 Å². The van der Waals surface area contributed by atoms with E-state index in [-0.39, 0.29) is 12.5 Å². The van der Waals surface area contributed by atoms with Crippen LogP contribution < -0.4 is 16.0 Å². The first kappa shape index (κ1) is 12.2. The maximum absolute atomic E-state index is 11.2. The Hall–Kier alpha value is -1.85. The van der Waals surface area contributed by atoms with Crippen LogP contribution >= 0.6 is 0 Å². The molecule has 1 rings (SSSR count). The van der Waals surface area contributed by atoms with Gasteiger partial charge in [0.15, 0.2) is 0 Å². The maximum Gasteiger partial charge on any atom is 0.239 e. The van der Waals surface area contributed by atoms with Crippen molar-refractivity contribution in [2.75, 3.05) is 30.3 Å². The minimum absolute atomic E-state index is 0.0499. The molecule has 0 aliphatic rings. The van der Waals surface area contributed by atoms with Gasteiger partial charge in [-0.1, -0.05) is 0 Å². The molecular weight excluding hydrogens is 206 g/mol. The number of carbonyl (C=O) groups excluding carboxylic acids is 1. The molecule has 0 aliphatic heterocycles. The molecule has 88 valence electrons. The lowest BCUT2D eigenvalue weighted by atomic mass is 10.5. The molecule has 0 aliphatic carbocycles. The van der Waals surface area contributed by atoms with Crippen molar-refractivity contribution >= 4 is 17.7 Å². The molecule has 3 N–H and O–H groups in total. The second kappa shape index (κ2) is 6.60. The first-order chi connectivity index (χ1) is 7.76. The Bertz CT molecular complexity index is 342. The van der Waals surface area contributed by atoms with E-state index in [1.807, 2.05) is 13.8 Å². The minimum Gasteiger partial charge on any atom is -0.361 e. The highest BCUT2D eigenvalue weighted by molar-refractivity contribution is 5.80. The molecule has 0 bridgehead atoms. The van der Waals surface area contributed by atoms with Gasteiger partial charge in [-0.05, 0) is 19.9 Å². The summed E-state index contributed by atoms with van der Waals surface area (Å²) in [6, 6.07) is 1.72. The van der Waals surface area contributed by atoms with Crippen molar-refractivity contribution in [1.29, 1.82) is 0 Å². The summed E-state index contributed by atoms with van der Waals surface area (Å²) in [6.07, 6.45) is 1.64. The molecule has 0 unspecified atom stereocenters. The van der Waals surface area contributed by atoms with Crippen molar-refractivity contribution in [3.05, 3.63) is 12.3 Å². The molecule has 1 aromatic heterocycles. The third-order valence-electron chi connectivity index (χ3n) is 1.79. The highest BCUT2D eigenvalue weighted by Crippen LogP contribution is 2.04. The van der Waals surface area contributed by atoms with E-state index in [4.69, 9.17) is 0 Å². The van der Waals surface area contributed by atoms with Crippen LogP contribution in [0.4, 0.5) is 11.8 Å². The average Bonchev–Trinajstić information content (AvgIpc) is 2.28. The average molecular weight is 223 g/mol. The van der Waals surface area contributed by atoms with Crippen molar-refractivity contribution < 1.29 is 4.79 Å². The first-order valence-corrected chi connectivity index (χ1v) is 5.33. The zero-order valence-electron chi connectivity index (χ0n) is 9.58. The fourth-order valence-electron chi connectivity index (χ4n) is 1.13. The normalized spacial score (nSPS) is 9.62. The predicted octanol–water partition coefficient (Wildman–Crippen LogP) is 0.456. The van der Waals surface area contributed by atoms with Gasteiger partial charge in [-0.15, -0.1) is 0 Å². The third kappa shape index (κ3) is 4.12. The second-order valence-corrected chi connectivity index (χ2v) is 3.10. The largest absolute Gasteiger partial charge is 0.361 e. The van der Waals surface area contributed by atoms with Crippen LogP contribution in [0.25, 0.3) is 0 Å². The Morgan fingerprint density at radius 1 is 1.31 bits per heavy atom. The molecular formula is C10H17N5O. The quantitative estimate of drug-likeness (QED) is 0.653. The molecule has 0 aromatic carbocycles. The van der Waals surface area contributed by atoms with Gasteiger partial charge in [0, 0.05) is 19.3 Å². The Morgan fingerprint density at radius 3 is 2.81 bits per heavy atom. The monoisotopic (exact) mass is 223 g/mol. The van der Waals surface area contributed by atoms with Crippen molar-refractivity contribution in [1.82, 2.24) is 15.3 Å². The number of hydrogen-bond acceptors (Lipinski definition) is 5. The maximum atomic E-state index is 11.2. The van der Waals surface area contributed by atoms with Gasteiger partial charge in [0.25, 0.3) is 0 Å². The van der Waals surface area contributed by atoms with Crippen LogP contribution in [0.15, 0.2) is 12.3 Å². The Kier molecular flexibility index (Phi) is 5.04. The molecule has 0 radical (unpaired) electrons. The molecule has 16 heavy (non-hydrogen) atoms. The van der Waals surface area contributed by atoms with E-state index in [0.29, 0.717) is 18.3 Å². The van der Waals surface area contributed by atoms with Crippen LogP contribution in [0.5, 0.6) is 0 Å². The van der Waals surface area contributed by atoms with E-state index >= 15 is 0 Å². The first-order valence-electron chi connectivity index (χ1n) is 5.33. The molecule has 1 heterocycles. The summed E-state index contributed by atoms with van der Waals surface area (Å²) >= 11 is 0. The number of aromatic nitrogens is 2. The minimum atomic E-state index is -0.0499. The summed E-state index contributed by atoms with van der Waals surface area (Å²) in [5, 5.41) is 8.62. The van der Waals surface area contributed by atoms with Gasteiger partial charge in [0.05, 0.1) is 6.54 Å². The van der Waals surface area contributed by atoms with E-state index in [2.05, 4.69) is 25.9 Å². The van der Waals surface area contributed by atoms with Gasteiger partial charge < -0.3 is 16.0 Å². The van der Waals surface area contributed by atoms with E-state index in [0.717, 1.165) is 6.54 Å². The van der Waals surface area contributed by atoms with Crippen LogP contribution in [0.1, 0.15) is 13.8 Å². The number of rotatable bonds is 6. The fourth-order valence-corrected chi connectivity index (χ4v) is 1.13. The summed E-state index contributed by atoms with van der Waals surface area (Å²) in [6.45, 7) is 5.47. The van der Waals surface area contributed by atoms with Gasteiger partial charge in [0.2, 0.25) is 11.9 Å². The second-order valence-electron chi connectivity index (χ2n) is 3.10. The molecule has 0 spiro atoms. The lowest BCUT2D eigenvalue weighted by Crippen LogP contribution is -2.29. The van der Waals surface area contributed by atoms with E-state index in [1.165, 1.54) is 0 Å². The third-order valence-corrected chi connectivity index (χ3v) is 1.79. The molecule has 1 amide bonds. The summed E-state index contributed by atoms with van der Waals surface area (Å²) in [7, 11) is 0. The number of likely N-dealkylation sites (N-methyl/N-ethyl adjacent to an activating group) is 1. The molecule has 1 aromatic rings. The van der Waals surface area contributed by atoms with Crippen LogP contribution in [-0.4, -0.2) is 35.5 Å². The van der Waals surface area contributed by atoms with Gasteiger partial charge in [-0.2, -0.15) is 4.98 Å². The summed E-state index contributed by atoms with van der Waals surface area (Å²) < 4.78 is 0. The number of hydrogen-bond donors (Lipinski definition) is 3. The van der Waals surface area contributed by atoms with Crippen molar-refractivity contribution in [2.45, 2.75) is 13.8 Å². The molecule has 0 fully saturated rings. The van der Waals surface area contributed by atoms with E-state index in [9.17, 15) is 4.79 Å². The summed E-state index contributed by atoms with van der Waals surface area (Å²) in [5.41, 5.74) is 0. The molecule has 0 saturated heterocycles. The topological polar surface area (TPSA) is 78.9 Å². The smallest absolute Gasteiger partial charge is 0.239 e. The number of nitrogens with zero attached hydrogens (tertiary/aromatic N) is 2. The summed E-state index contributed by atoms with van der Waals surface area (Å²) in [5.74, 6) is 1.15. The zero-order valence-corrected chi connectivity index (χ0v) is 9.58. The molecule has 0 atom stereocenters. The number of nitrogens with one attached hydrogen (secondary N) is 3. The van der Waals surface area contributed by atoms with Crippen molar-refractivity contribution in [3.8, 4) is 0 Å². The van der Waals surface area contributed by atoms with Crippen LogP contribution in [0, 0.1) is 0 Å². The highest BCUT2D eigenvalue weighted by Gasteiger charge is 2.01. The standard InChI is InChI=1S/C10H17N5O/c1-3-11-9(16)7-14-8-5-6-13-10(15-8)12-4-2/h5-6H,3-4,7H2,1-2H3,(H,11,16)(H2,12,13,14,15). The fraction of sp³-hybridized carbons (Fsp3) is 0.500. The Labute approximate surface area is 94.9 Å². The lowest BCUT2D eigenvalue weighted by molar-refractivity contribution is -0.119. The summed E-state index contributed by atoms with van der Waals surface area (Å²) in [4.78, 5) is 19.4. The zero-order chi connectivity index (χ0) is 11.8. The van der Waals surface area contributed by atoms with E-state index in [1.54, 1.807) is 12.3 Å². The van der Waals surface area contributed by atoms with Gasteiger partial charge in [0.1, 0.15) is 5.82 Å². The van der Waals surface area contributed by atoms with E-state index < -0.39 is 0 Å². The van der Waals surface area contributed by atoms with Crippen LogP contribution in [0.3, 0.4) is 0 Å². The SMILES string of the molecule is CCNC(=O)CNc1ccnc(NCC)n1. The Morgan fingerprint density at radius 2 is 2.12 bits per heavy atom. The predicted molar refractivity (Wildman–Crippen MR) is 63.4 cm³/mol. The van der Waals surface area contributed by atoms with Gasteiger partial charge >= 0.3 is 0 Å². The van der Waals surface area contributed by atoms with Gasteiger partial charge in [-0.25, -0.2) is 4.98 Å². The van der Waals surface area contributed by atoms with Gasteiger partial charge in [-0.3, -0.25) is 4.79 Å².